The number of rotatable bonds is 7. The van der Waals surface area contributed by atoms with Gasteiger partial charge in [0.15, 0.2) is 0 Å². The van der Waals surface area contributed by atoms with E-state index in [1.807, 2.05) is 7.05 Å². The second-order valence-corrected chi connectivity index (χ2v) is 3.82. The van der Waals surface area contributed by atoms with Crippen molar-refractivity contribution in [3.05, 3.63) is 11.9 Å². The predicted octanol–water partition coefficient (Wildman–Crippen LogP) is 0.0514. The second kappa shape index (κ2) is 6.57. The highest BCUT2D eigenvalue weighted by atomic mass is 15.4. The first-order chi connectivity index (χ1) is 7.72. The molecule has 3 N–H and O–H groups in total. The maximum atomic E-state index is 5.56. The summed E-state index contributed by atoms with van der Waals surface area (Å²) >= 11 is 0. The van der Waals surface area contributed by atoms with E-state index in [2.05, 4.69) is 34.5 Å². The molecule has 1 heterocycles. The Bertz CT molecular complexity index is 293. The topological polar surface area (TPSA) is 72.0 Å². The van der Waals surface area contributed by atoms with Crippen LogP contribution in [0.3, 0.4) is 0 Å². The first-order valence-corrected chi connectivity index (χ1v) is 5.75. The third-order valence-corrected chi connectivity index (χ3v) is 2.94. The standard InChI is InChI=1S/C10H22N6/c1-4-16(5-2)7-6-9(13-11)10-8-12-14-15(10)3/h8-9,13H,4-7,11H2,1-3H3. The maximum Gasteiger partial charge on any atom is 0.0767 e. The van der Waals surface area contributed by atoms with Crippen LogP contribution in [0.4, 0.5) is 0 Å². The van der Waals surface area contributed by atoms with Gasteiger partial charge in [0, 0.05) is 13.6 Å². The molecule has 0 aliphatic carbocycles. The van der Waals surface area contributed by atoms with Gasteiger partial charge < -0.3 is 4.90 Å². The van der Waals surface area contributed by atoms with Crippen LogP contribution in [0.2, 0.25) is 0 Å². The van der Waals surface area contributed by atoms with Crippen molar-refractivity contribution in [2.24, 2.45) is 12.9 Å². The van der Waals surface area contributed by atoms with E-state index in [0.29, 0.717) is 0 Å². The Kier molecular flexibility index (Phi) is 5.37. The number of nitrogens with two attached hydrogens (primary N) is 1. The molecule has 0 saturated heterocycles. The number of nitrogens with one attached hydrogen (secondary N) is 1. The summed E-state index contributed by atoms with van der Waals surface area (Å²) in [5, 5.41) is 7.77. The number of hydrogen-bond acceptors (Lipinski definition) is 5. The molecule has 92 valence electrons. The van der Waals surface area contributed by atoms with Crippen LogP contribution in [0.5, 0.6) is 0 Å². The van der Waals surface area contributed by atoms with E-state index < -0.39 is 0 Å². The zero-order valence-electron chi connectivity index (χ0n) is 10.3. The summed E-state index contributed by atoms with van der Waals surface area (Å²) in [5.41, 5.74) is 3.84. The molecule has 0 aromatic carbocycles. The molecule has 1 atom stereocenters. The Hall–Kier alpha value is -0.980. The van der Waals surface area contributed by atoms with Crippen molar-refractivity contribution >= 4 is 0 Å². The number of hydrogen-bond donors (Lipinski definition) is 2. The Morgan fingerprint density at radius 1 is 1.50 bits per heavy atom. The molecule has 0 fully saturated rings. The third-order valence-electron chi connectivity index (χ3n) is 2.94. The van der Waals surface area contributed by atoms with E-state index in [9.17, 15) is 0 Å². The van der Waals surface area contributed by atoms with E-state index in [-0.39, 0.29) is 6.04 Å². The van der Waals surface area contributed by atoms with Crippen molar-refractivity contribution in [2.45, 2.75) is 26.3 Å². The fourth-order valence-electron chi connectivity index (χ4n) is 1.78. The van der Waals surface area contributed by atoms with Crippen LogP contribution in [-0.2, 0) is 7.05 Å². The highest BCUT2D eigenvalue weighted by Crippen LogP contribution is 2.13. The molecule has 0 aliphatic rings. The van der Waals surface area contributed by atoms with Crippen LogP contribution in [-0.4, -0.2) is 39.5 Å². The minimum Gasteiger partial charge on any atom is -0.304 e. The molecule has 0 saturated carbocycles. The lowest BCUT2D eigenvalue weighted by Gasteiger charge is -2.22. The molecule has 0 aliphatic heterocycles. The van der Waals surface area contributed by atoms with Crippen LogP contribution in [0.1, 0.15) is 32.0 Å². The molecule has 0 bridgehead atoms. The summed E-state index contributed by atoms with van der Waals surface area (Å²) < 4.78 is 1.76. The molecule has 0 amide bonds. The van der Waals surface area contributed by atoms with E-state index in [0.717, 1.165) is 31.7 Å². The predicted molar refractivity (Wildman–Crippen MR) is 63.5 cm³/mol. The highest BCUT2D eigenvalue weighted by molar-refractivity contribution is 5.01. The average Bonchev–Trinajstić information content (AvgIpc) is 2.71. The van der Waals surface area contributed by atoms with Crippen molar-refractivity contribution < 1.29 is 0 Å². The molecule has 1 aromatic heterocycles. The number of aromatic nitrogens is 3. The Morgan fingerprint density at radius 2 is 2.19 bits per heavy atom. The normalized spacial score (nSPS) is 13.3. The van der Waals surface area contributed by atoms with Gasteiger partial charge in [-0.25, -0.2) is 0 Å². The van der Waals surface area contributed by atoms with E-state index in [1.54, 1.807) is 10.9 Å². The van der Waals surface area contributed by atoms with Crippen molar-refractivity contribution in [3.63, 3.8) is 0 Å². The Balaban J connectivity index is 2.53. The summed E-state index contributed by atoms with van der Waals surface area (Å²) in [4.78, 5) is 2.37. The van der Waals surface area contributed by atoms with Gasteiger partial charge in [-0.2, -0.15) is 0 Å². The number of nitrogens with zero attached hydrogens (tertiary/aromatic N) is 4. The van der Waals surface area contributed by atoms with Gasteiger partial charge in [-0.15, -0.1) is 5.10 Å². The lowest BCUT2D eigenvalue weighted by atomic mass is 10.1. The zero-order chi connectivity index (χ0) is 12.0. The van der Waals surface area contributed by atoms with Crippen LogP contribution >= 0.6 is 0 Å². The number of hydrazine groups is 1. The quantitative estimate of drug-likeness (QED) is 0.508. The molecule has 6 nitrogen and oxygen atoms in total. The molecule has 1 aromatic rings. The van der Waals surface area contributed by atoms with Gasteiger partial charge in [0.25, 0.3) is 0 Å². The summed E-state index contributed by atoms with van der Waals surface area (Å²) in [7, 11) is 1.88. The molecule has 6 heteroatoms. The second-order valence-electron chi connectivity index (χ2n) is 3.82. The smallest absolute Gasteiger partial charge is 0.0767 e. The summed E-state index contributed by atoms with van der Waals surface area (Å²) in [6.07, 6.45) is 2.71. The van der Waals surface area contributed by atoms with E-state index in [4.69, 9.17) is 5.84 Å². The third kappa shape index (κ3) is 3.26. The first kappa shape index (κ1) is 13.1. The molecular formula is C10H22N6. The van der Waals surface area contributed by atoms with Crippen LogP contribution in [0, 0.1) is 0 Å². The maximum absolute atomic E-state index is 5.56. The molecule has 1 rings (SSSR count). The minimum atomic E-state index is 0.112. The van der Waals surface area contributed by atoms with E-state index >= 15 is 0 Å². The lowest BCUT2D eigenvalue weighted by molar-refractivity contribution is 0.279. The molecule has 16 heavy (non-hydrogen) atoms. The summed E-state index contributed by atoms with van der Waals surface area (Å²) in [6, 6.07) is 0.112. The summed E-state index contributed by atoms with van der Waals surface area (Å²) in [5.74, 6) is 5.56. The van der Waals surface area contributed by atoms with Gasteiger partial charge in [-0.05, 0) is 19.5 Å². The van der Waals surface area contributed by atoms with Crippen molar-refractivity contribution in [1.82, 2.24) is 25.3 Å². The summed E-state index contributed by atoms with van der Waals surface area (Å²) in [6.45, 7) is 7.49. The first-order valence-electron chi connectivity index (χ1n) is 5.75. The Labute approximate surface area is 96.8 Å². The van der Waals surface area contributed by atoms with Gasteiger partial charge in [-0.1, -0.05) is 19.1 Å². The van der Waals surface area contributed by atoms with Gasteiger partial charge in [0.2, 0.25) is 0 Å². The van der Waals surface area contributed by atoms with Crippen LogP contribution in [0.25, 0.3) is 0 Å². The van der Waals surface area contributed by atoms with Crippen molar-refractivity contribution in [1.29, 1.82) is 0 Å². The van der Waals surface area contributed by atoms with Crippen LogP contribution < -0.4 is 11.3 Å². The SMILES string of the molecule is CCN(CC)CCC(NN)c1cnnn1C. The fraction of sp³-hybridized carbons (Fsp3) is 0.800. The monoisotopic (exact) mass is 226 g/mol. The van der Waals surface area contributed by atoms with E-state index in [1.165, 1.54) is 0 Å². The van der Waals surface area contributed by atoms with Gasteiger partial charge in [0.1, 0.15) is 0 Å². The van der Waals surface area contributed by atoms with Crippen molar-refractivity contribution in [3.8, 4) is 0 Å². The Morgan fingerprint density at radius 3 is 2.62 bits per heavy atom. The van der Waals surface area contributed by atoms with Gasteiger partial charge in [-0.3, -0.25) is 16.0 Å². The molecular weight excluding hydrogens is 204 g/mol. The lowest BCUT2D eigenvalue weighted by Crippen LogP contribution is -2.33. The number of aryl methyl sites for hydroxylation is 1. The average molecular weight is 226 g/mol. The zero-order valence-corrected chi connectivity index (χ0v) is 10.3. The fourth-order valence-corrected chi connectivity index (χ4v) is 1.78. The molecule has 0 radical (unpaired) electrons. The van der Waals surface area contributed by atoms with Gasteiger partial charge in [0.05, 0.1) is 17.9 Å². The molecule has 1 unspecified atom stereocenters. The van der Waals surface area contributed by atoms with Gasteiger partial charge >= 0.3 is 0 Å². The van der Waals surface area contributed by atoms with Crippen LogP contribution in [0.15, 0.2) is 6.20 Å². The largest absolute Gasteiger partial charge is 0.304 e. The molecule has 0 spiro atoms. The highest BCUT2D eigenvalue weighted by Gasteiger charge is 2.14. The van der Waals surface area contributed by atoms with Crippen molar-refractivity contribution in [2.75, 3.05) is 19.6 Å². The minimum absolute atomic E-state index is 0.112.